The molecule has 0 aliphatic heterocycles. The Kier molecular flexibility index (Phi) is 5.95. The highest BCUT2D eigenvalue weighted by atomic mass is 16.5. The van der Waals surface area contributed by atoms with Crippen molar-refractivity contribution in [3.8, 4) is 0 Å². The molecule has 5 nitrogen and oxygen atoms in total. The lowest BCUT2D eigenvalue weighted by molar-refractivity contribution is -0.213. The quantitative estimate of drug-likeness (QED) is 0.445. The van der Waals surface area contributed by atoms with Gasteiger partial charge in [-0.1, -0.05) is 47.1 Å². The summed E-state index contributed by atoms with van der Waals surface area (Å²) in [5, 5.41) is 0. The van der Waals surface area contributed by atoms with Gasteiger partial charge >= 0.3 is 5.97 Å². The van der Waals surface area contributed by atoms with E-state index in [1.165, 1.54) is 31.8 Å². The van der Waals surface area contributed by atoms with Gasteiger partial charge in [-0.15, -0.1) is 0 Å². The number of rotatable bonds is 2. The first-order valence-corrected chi connectivity index (χ1v) is 14.8. The standard InChI is InChI=1S/C32H49NO4/c1-18-9-12-28(4)15-16-30(6)21(25(28)19(18)2)17-22(35)26-29(5)13-11-24(37-20(3)34)32(8,27(33)36)23(29)10-14-31(26,30)7/h17-19,23-26H,9-16H2,1-8H3,(H2,33,36)/t18-,19+,23?,24-,25?,26?,28-,29+,30-,31-,32-/m1/s1. The van der Waals surface area contributed by atoms with Gasteiger partial charge in [-0.2, -0.15) is 0 Å². The van der Waals surface area contributed by atoms with E-state index in [0.717, 1.165) is 25.7 Å². The van der Waals surface area contributed by atoms with Gasteiger partial charge in [-0.3, -0.25) is 14.4 Å². The van der Waals surface area contributed by atoms with Crippen molar-refractivity contribution in [3.63, 3.8) is 0 Å². The van der Waals surface area contributed by atoms with Crippen molar-refractivity contribution in [1.82, 2.24) is 0 Å². The SMILES string of the molecule is CC(=O)O[C@@H]1CC[C@@]2(C)C(CC[C@]3(C)C2C(=O)C=C2C4[C@@H](C)[C@H](C)CC[C@]4(C)CC[C@]23C)[C@@]1(C)C(N)=O. The smallest absolute Gasteiger partial charge is 0.302 e. The molecule has 1 amide bonds. The number of hydrogen-bond donors (Lipinski definition) is 1. The number of carbonyl (C=O) groups excluding carboxylic acids is 3. The lowest BCUT2D eigenvalue weighted by atomic mass is 9.33. The fourth-order valence-electron chi connectivity index (χ4n) is 11.1. The lowest BCUT2D eigenvalue weighted by Gasteiger charge is -2.70. The third kappa shape index (κ3) is 3.30. The van der Waals surface area contributed by atoms with E-state index in [-0.39, 0.29) is 45.2 Å². The molecule has 5 heteroatoms. The lowest BCUT2D eigenvalue weighted by Crippen LogP contribution is -2.69. The van der Waals surface area contributed by atoms with E-state index in [0.29, 0.717) is 24.2 Å². The topological polar surface area (TPSA) is 86.5 Å². The molecule has 11 atom stereocenters. The van der Waals surface area contributed by atoms with Crippen molar-refractivity contribution < 1.29 is 19.1 Å². The molecular weight excluding hydrogens is 462 g/mol. The van der Waals surface area contributed by atoms with Crippen LogP contribution in [0.5, 0.6) is 0 Å². The predicted molar refractivity (Wildman–Crippen MR) is 144 cm³/mol. The van der Waals surface area contributed by atoms with E-state index in [2.05, 4.69) is 47.6 Å². The summed E-state index contributed by atoms with van der Waals surface area (Å²) >= 11 is 0. The van der Waals surface area contributed by atoms with Gasteiger partial charge in [0.25, 0.3) is 0 Å². The number of fused-ring (bicyclic) bond motifs is 7. The maximum absolute atomic E-state index is 14.4. The number of primary amides is 1. The average molecular weight is 512 g/mol. The minimum atomic E-state index is -0.983. The number of amides is 1. The molecule has 37 heavy (non-hydrogen) atoms. The van der Waals surface area contributed by atoms with Crippen molar-refractivity contribution in [2.75, 3.05) is 0 Å². The first-order chi connectivity index (χ1) is 17.1. The summed E-state index contributed by atoms with van der Waals surface area (Å²) in [5.41, 5.74) is 6.23. The van der Waals surface area contributed by atoms with Crippen LogP contribution >= 0.6 is 0 Å². The molecule has 2 N–H and O–H groups in total. The summed E-state index contributed by atoms with van der Waals surface area (Å²) in [6, 6.07) is 0. The predicted octanol–water partition coefficient (Wildman–Crippen LogP) is 6.24. The molecular formula is C32H49NO4. The second kappa shape index (κ2) is 8.18. The third-order valence-corrected chi connectivity index (χ3v) is 13.6. The third-order valence-electron chi connectivity index (χ3n) is 13.6. The number of carbonyl (C=O) groups is 3. The van der Waals surface area contributed by atoms with E-state index in [1.54, 1.807) is 0 Å². The van der Waals surface area contributed by atoms with Crippen LogP contribution in [-0.2, 0) is 19.1 Å². The van der Waals surface area contributed by atoms with Crippen LogP contribution in [0.3, 0.4) is 0 Å². The van der Waals surface area contributed by atoms with Crippen LogP contribution in [0.1, 0.15) is 107 Å². The Bertz CT molecular complexity index is 1070. The largest absolute Gasteiger partial charge is 0.461 e. The van der Waals surface area contributed by atoms with Crippen LogP contribution in [0.2, 0.25) is 0 Å². The number of esters is 1. The Labute approximate surface area is 223 Å². The molecule has 0 radical (unpaired) electrons. The van der Waals surface area contributed by atoms with Gasteiger partial charge in [-0.05, 0) is 110 Å². The minimum Gasteiger partial charge on any atom is -0.461 e. The van der Waals surface area contributed by atoms with Gasteiger partial charge in [-0.25, -0.2) is 0 Å². The summed E-state index contributed by atoms with van der Waals surface area (Å²) in [4.78, 5) is 39.4. The number of allylic oxidation sites excluding steroid dienone is 2. The summed E-state index contributed by atoms with van der Waals surface area (Å²) in [6.45, 7) is 17.7. The molecule has 0 aromatic carbocycles. The van der Waals surface area contributed by atoms with E-state index in [4.69, 9.17) is 10.5 Å². The number of nitrogens with two attached hydrogens (primary N) is 1. The van der Waals surface area contributed by atoms with Crippen molar-refractivity contribution in [1.29, 1.82) is 0 Å². The van der Waals surface area contributed by atoms with E-state index in [1.807, 2.05) is 6.92 Å². The highest BCUT2D eigenvalue weighted by molar-refractivity contribution is 5.96. The van der Waals surface area contributed by atoms with Gasteiger partial charge in [0.1, 0.15) is 6.10 Å². The summed E-state index contributed by atoms with van der Waals surface area (Å²) in [7, 11) is 0. The van der Waals surface area contributed by atoms with E-state index in [9.17, 15) is 14.4 Å². The molecule has 0 spiro atoms. The second-order valence-electron chi connectivity index (χ2n) is 15.1. The molecule has 206 valence electrons. The fourth-order valence-corrected chi connectivity index (χ4v) is 11.1. The molecule has 5 aliphatic carbocycles. The minimum absolute atomic E-state index is 0.0368. The van der Waals surface area contributed by atoms with Gasteiger partial charge < -0.3 is 10.5 Å². The van der Waals surface area contributed by atoms with Crippen molar-refractivity contribution >= 4 is 17.7 Å². The molecule has 0 aromatic heterocycles. The fraction of sp³-hybridized carbons (Fsp3) is 0.844. The van der Waals surface area contributed by atoms with Gasteiger partial charge in [0, 0.05) is 12.8 Å². The average Bonchev–Trinajstić information content (AvgIpc) is 2.79. The Morgan fingerprint density at radius 2 is 1.62 bits per heavy atom. The summed E-state index contributed by atoms with van der Waals surface area (Å²) in [5.74, 6) is 0.903. The number of ketones is 1. The molecule has 0 aromatic rings. The zero-order valence-electron chi connectivity index (χ0n) is 24.4. The molecule has 4 saturated carbocycles. The zero-order valence-corrected chi connectivity index (χ0v) is 24.4. The monoisotopic (exact) mass is 511 g/mol. The summed E-state index contributed by atoms with van der Waals surface area (Å²) in [6.07, 6.45) is 9.46. The number of hydrogen-bond acceptors (Lipinski definition) is 4. The highest BCUT2D eigenvalue weighted by Crippen LogP contribution is 2.75. The Balaban J connectivity index is 1.62. The van der Waals surface area contributed by atoms with Crippen LogP contribution < -0.4 is 5.73 Å². The highest BCUT2D eigenvalue weighted by Gasteiger charge is 2.71. The van der Waals surface area contributed by atoms with Gasteiger partial charge in [0.05, 0.1) is 5.41 Å². The van der Waals surface area contributed by atoms with E-state index < -0.39 is 17.4 Å². The second-order valence-corrected chi connectivity index (χ2v) is 15.1. The molecule has 5 rings (SSSR count). The van der Waals surface area contributed by atoms with Crippen molar-refractivity contribution in [2.24, 2.45) is 62.4 Å². The first kappa shape index (κ1) is 26.9. The summed E-state index contributed by atoms with van der Waals surface area (Å²) < 4.78 is 5.71. The van der Waals surface area contributed by atoms with Gasteiger partial charge in [0.15, 0.2) is 5.78 Å². The first-order valence-electron chi connectivity index (χ1n) is 14.8. The maximum Gasteiger partial charge on any atom is 0.302 e. The number of ether oxygens (including phenoxy) is 1. The van der Waals surface area contributed by atoms with Gasteiger partial charge in [0.2, 0.25) is 5.91 Å². The van der Waals surface area contributed by atoms with Crippen LogP contribution in [0.15, 0.2) is 11.6 Å². The Morgan fingerprint density at radius 1 is 0.946 bits per heavy atom. The molecule has 5 aliphatic rings. The van der Waals surface area contributed by atoms with Crippen molar-refractivity contribution in [2.45, 2.75) is 113 Å². The van der Waals surface area contributed by atoms with Crippen molar-refractivity contribution in [3.05, 3.63) is 11.6 Å². The Hall–Kier alpha value is -1.65. The molecule has 0 bridgehead atoms. The van der Waals surface area contributed by atoms with Crippen LogP contribution in [-0.4, -0.2) is 23.8 Å². The zero-order chi connectivity index (χ0) is 27.3. The van der Waals surface area contributed by atoms with Crippen LogP contribution in [0.4, 0.5) is 0 Å². The molecule has 0 heterocycles. The van der Waals surface area contributed by atoms with E-state index >= 15 is 0 Å². The normalized spacial score (nSPS) is 53.1. The van der Waals surface area contributed by atoms with Crippen LogP contribution in [0, 0.1) is 56.7 Å². The molecule has 0 saturated heterocycles. The maximum atomic E-state index is 14.4. The molecule has 4 fully saturated rings. The van der Waals surface area contributed by atoms with Crippen LogP contribution in [0.25, 0.3) is 0 Å². The molecule has 3 unspecified atom stereocenters. The Morgan fingerprint density at radius 3 is 2.24 bits per heavy atom.